The van der Waals surface area contributed by atoms with Gasteiger partial charge in [0.1, 0.15) is 0 Å². The molecule has 190 valence electrons. The maximum Gasteiger partial charge on any atom is 0.260 e. The second-order valence-electron chi connectivity index (χ2n) is 8.90. The Morgan fingerprint density at radius 2 is 1.74 bits per heavy atom. The van der Waals surface area contributed by atoms with E-state index in [0.717, 1.165) is 42.4 Å². The molecule has 1 aliphatic rings. The number of aryl methyl sites for hydroxylation is 1. The number of carbonyl (C=O) groups is 1. The zero-order valence-electron chi connectivity index (χ0n) is 20.4. The van der Waals surface area contributed by atoms with Crippen molar-refractivity contribution >= 4 is 42.6 Å². The molecule has 7 nitrogen and oxygen atoms in total. The van der Waals surface area contributed by atoms with Crippen LogP contribution in [-0.4, -0.2) is 68.8 Å². The molecular weight excluding hydrogens is 504 g/mol. The molecule has 0 atom stereocenters. The molecule has 0 spiro atoms. The van der Waals surface area contributed by atoms with Crippen LogP contribution in [0.1, 0.15) is 42.1 Å². The van der Waals surface area contributed by atoms with Crippen molar-refractivity contribution in [2.75, 3.05) is 45.2 Å². The van der Waals surface area contributed by atoms with Gasteiger partial charge < -0.3 is 17.3 Å². The van der Waals surface area contributed by atoms with Crippen LogP contribution < -0.4 is 17.3 Å². The van der Waals surface area contributed by atoms with Gasteiger partial charge in [-0.15, -0.1) is 0 Å². The van der Waals surface area contributed by atoms with Gasteiger partial charge in [-0.25, -0.2) is 13.4 Å². The molecule has 2 heterocycles. The summed E-state index contributed by atoms with van der Waals surface area (Å²) >= 11 is 1.52. The first-order valence-electron chi connectivity index (χ1n) is 11.8. The minimum atomic E-state index is -3.51. The summed E-state index contributed by atoms with van der Waals surface area (Å²) in [6.07, 6.45) is 3.52. The maximum absolute atomic E-state index is 13.6. The van der Waals surface area contributed by atoms with Gasteiger partial charge in [-0.05, 0) is 88.3 Å². The van der Waals surface area contributed by atoms with Crippen LogP contribution in [0.2, 0.25) is 0 Å². The lowest BCUT2D eigenvalue weighted by molar-refractivity contribution is -0.0000171. The molecule has 3 aromatic rings. The van der Waals surface area contributed by atoms with E-state index in [1.807, 2.05) is 20.2 Å². The molecule has 0 saturated carbocycles. The maximum atomic E-state index is 13.6. The van der Waals surface area contributed by atoms with Crippen LogP contribution in [0.4, 0.5) is 5.13 Å². The highest BCUT2D eigenvalue weighted by Gasteiger charge is 2.28. The molecule has 2 aromatic carbocycles. The minimum Gasteiger partial charge on any atom is -1.00 e. The monoisotopic (exact) mass is 535 g/mol. The average molecular weight is 536 g/mol. The molecule has 1 aliphatic heterocycles. The first-order chi connectivity index (χ1) is 16.3. The van der Waals surface area contributed by atoms with Crippen LogP contribution >= 0.6 is 11.3 Å². The third-order valence-corrected chi connectivity index (χ3v) is 9.07. The third kappa shape index (κ3) is 6.21. The molecule has 10 heteroatoms. The molecule has 1 amide bonds. The zero-order chi connectivity index (χ0) is 24.3. The van der Waals surface area contributed by atoms with Crippen LogP contribution in [0.15, 0.2) is 47.4 Å². The van der Waals surface area contributed by atoms with Gasteiger partial charge in [-0.1, -0.05) is 24.3 Å². The van der Waals surface area contributed by atoms with E-state index in [2.05, 4.69) is 24.0 Å². The number of hydrogen-bond donors (Lipinski definition) is 0. The Morgan fingerprint density at radius 3 is 2.37 bits per heavy atom. The van der Waals surface area contributed by atoms with E-state index in [-0.39, 0.29) is 23.2 Å². The van der Waals surface area contributed by atoms with Crippen molar-refractivity contribution in [3.05, 3.63) is 53.6 Å². The van der Waals surface area contributed by atoms with E-state index in [4.69, 9.17) is 4.98 Å². The molecule has 1 fully saturated rings. The molecule has 1 aromatic heterocycles. The molecule has 0 radical (unpaired) electrons. The molecule has 4 rings (SSSR count). The number of carbonyl (C=O) groups excluding carboxylic acids is 1. The molecule has 0 bridgehead atoms. The van der Waals surface area contributed by atoms with Crippen molar-refractivity contribution in [1.82, 2.24) is 14.2 Å². The Morgan fingerprint density at radius 1 is 1.06 bits per heavy atom. The van der Waals surface area contributed by atoms with E-state index in [0.29, 0.717) is 30.3 Å². The molecule has 0 N–H and O–H groups in total. The van der Waals surface area contributed by atoms with E-state index in [9.17, 15) is 13.2 Å². The second kappa shape index (κ2) is 11.8. The second-order valence-corrected chi connectivity index (χ2v) is 11.8. The number of nitrogens with zero attached hydrogens (tertiary/aromatic N) is 4. The molecule has 1 saturated heterocycles. The van der Waals surface area contributed by atoms with Gasteiger partial charge in [0, 0.05) is 25.2 Å². The Hall–Kier alpha value is -2.04. The lowest BCUT2D eigenvalue weighted by atomic mass is 10.2. The van der Waals surface area contributed by atoms with Crippen molar-refractivity contribution in [1.29, 1.82) is 0 Å². The predicted molar refractivity (Wildman–Crippen MR) is 138 cm³/mol. The summed E-state index contributed by atoms with van der Waals surface area (Å²) in [5, 5.41) is 0.667. The first kappa shape index (κ1) is 27.5. The normalized spacial score (nSPS) is 14.4. The van der Waals surface area contributed by atoms with Gasteiger partial charge in [-0.3, -0.25) is 9.69 Å². The summed E-state index contributed by atoms with van der Waals surface area (Å²) < 4.78 is 28.3. The molecular formula is C25H32ClN4O3S2-. The SMILES string of the molecule is CCc1ccc2nc(N(CCCN(C)C)C(=O)c3ccc(S(=O)(=O)N4CCCC4)cc3)sc2c1.[Cl-]. The van der Waals surface area contributed by atoms with Crippen LogP contribution in [0.5, 0.6) is 0 Å². The van der Waals surface area contributed by atoms with Crippen molar-refractivity contribution < 1.29 is 25.6 Å². The number of amides is 1. The van der Waals surface area contributed by atoms with Crippen LogP contribution in [0.3, 0.4) is 0 Å². The summed E-state index contributed by atoms with van der Waals surface area (Å²) in [5.74, 6) is -0.168. The Kier molecular flexibility index (Phi) is 9.28. The number of hydrogen-bond acceptors (Lipinski definition) is 6. The highest BCUT2D eigenvalue weighted by Crippen LogP contribution is 2.31. The number of anilines is 1. The van der Waals surface area contributed by atoms with Gasteiger partial charge in [0.2, 0.25) is 10.0 Å². The fourth-order valence-corrected chi connectivity index (χ4v) is 6.69. The Balaban J connectivity index is 0.00000342. The summed E-state index contributed by atoms with van der Waals surface area (Å²) in [7, 11) is 0.511. The lowest BCUT2D eigenvalue weighted by Gasteiger charge is -2.21. The summed E-state index contributed by atoms with van der Waals surface area (Å²) in [5.41, 5.74) is 2.58. The number of benzene rings is 2. The topological polar surface area (TPSA) is 73.8 Å². The van der Waals surface area contributed by atoms with Gasteiger partial charge >= 0.3 is 0 Å². The summed E-state index contributed by atoms with van der Waals surface area (Å²) in [6, 6.07) is 12.5. The molecule has 0 aliphatic carbocycles. The largest absolute Gasteiger partial charge is 1.00 e. The van der Waals surface area contributed by atoms with Crippen LogP contribution in [0.25, 0.3) is 10.2 Å². The number of thiazole rings is 1. The van der Waals surface area contributed by atoms with Crippen molar-refractivity contribution in [2.45, 2.75) is 37.5 Å². The highest BCUT2D eigenvalue weighted by molar-refractivity contribution is 7.89. The first-order valence-corrected chi connectivity index (χ1v) is 14.0. The molecule has 0 unspecified atom stereocenters. The third-order valence-electron chi connectivity index (χ3n) is 6.12. The van der Waals surface area contributed by atoms with Gasteiger partial charge in [-0.2, -0.15) is 4.31 Å². The van der Waals surface area contributed by atoms with Crippen molar-refractivity contribution in [2.24, 2.45) is 0 Å². The van der Waals surface area contributed by atoms with Crippen molar-refractivity contribution in [3.8, 4) is 0 Å². The zero-order valence-corrected chi connectivity index (χ0v) is 22.8. The fourth-order valence-electron chi connectivity index (χ4n) is 4.12. The quantitative estimate of drug-likeness (QED) is 0.412. The van der Waals surface area contributed by atoms with Crippen molar-refractivity contribution in [3.63, 3.8) is 0 Å². The smallest absolute Gasteiger partial charge is 0.260 e. The van der Waals surface area contributed by atoms with Gasteiger partial charge in [0.25, 0.3) is 5.91 Å². The Bertz CT molecular complexity index is 1250. The van der Waals surface area contributed by atoms with E-state index < -0.39 is 10.0 Å². The number of fused-ring (bicyclic) bond motifs is 1. The van der Waals surface area contributed by atoms with E-state index in [1.165, 1.54) is 21.2 Å². The van der Waals surface area contributed by atoms with E-state index in [1.54, 1.807) is 29.2 Å². The predicted octanol–water partition coefficient (Wildman–Crippen LogP) is 1.25. The van der Waals surface area contributed by atoms with Gasteiger partial charge in [0.05, 0.1) is 15.1 Å². The highest BCUT2D eigenvalue weighted by atomic mass is 35.5. The van der Waals surface area contributed by atoms with Crippen LogP contribution in [0, 0.1) is 0 Å². The minimum absolute atomic E-state index is 0. The Labute approximate surface area is 218 Å². The van der Waals surface area contributed by atoms with Gasteiger partial charge in [0.15, 0.2) is 5.13 Å². The summed E-state index contributed by atoms with van der Waals surface area (Å²) in [6.45, 7) is 4.61. The fraction of sp³-hybridized carbons (Fsp3) is 0.440. The number of aromatic nitrogens is 1. The van der Waals surface area contributed by atoms with E-state index >= 15 is 0 Å². The number of halogens is 1. The summed E-state index contributed by atoms with van der Waals surface area (Å²) in [4.78, 5) is 22.4. The number of sulfonamides is 1. The lowest BCUT2D eigenvalue weighted by Crippen LogP contribution is -3.00. The molecule has 35 heavy (non-hydrogen) atoms. The standard InChI is InChI=1S/C25H32N4O3S2.ClH/c1-4-19-8-13-22-23(18-19)33-25(26-22)29(17-7-14-27(2)3)24(30)20-9-11-21(12-10-20)34(31,32)28-15-5-6-16-28;/h8-13,18H,4-7,14-17H2,1-3H3;1H/p-1. The average Bonchev–Trinajstić information content (AvgIpc) is 3.51. The van der Waals surface area contributed by atoms with Crippen LogP contribution in [-0.2, 0) is 16.4 Å². The number of rotatable bonds is 9.